The Bertz CT molecular complexity index is 547. The molecule has 0 radical (unpaired) electrons. The molecule has 88 valence electrons. The van der Waals surface area contributed by atoms with Gasteiger partial charge >= 0.3 is 0 Å². The van der Waals surface area contributed by atoms with Crippen molar-refractivity contribution in [3.8, 4) is 0 Å². The van der Waals surface area contributed by atoms with E-state index in [9.17, 15) is 0 Å². The number of fused-ring (bicyclic) bond motifs is 1. The summed E-state index contributed by atoms with van der Waals surface area (Å²) in [6.07, 6.45) is 3.73. The van der Waals surface area contributed by atoms with Crippen molar-refractivity contribution in [2.45, 2.75) is 24.6 Å². The first-order chi connectivity index (χ1) is 8.24. The predicted molar refractivity (Wildman–Crippen MR) is 78.2 cm³/mol. The summed E-state index contributed by atoms with van der Waals surface area (Å²) in [4.78, 5) is 1.21. The van der Waals surface area contributed by atoms with Gasteiger partial charge in [0.1, 0.15) is 0 Å². The standard InChI is InChI=1S/C14H12BrClS/c15-13-7-6-12(17-13)14(16)11-5-4-9-2-1-3-10(9)8-11/h4-8,14H,1-3H2. The Balaban J connectivity index is 1.94. The van der Waals surface area contributed by atoms with Crippen molar-refractivity contribution < 1.29 is 0 Å². The van der Waals surface area contributed by atoms with Crippen molar-refractivity contribution in [3.63, 3.8) is 0 Å². The maximum Gasteiger partial charge on any atom is 0.0928 e. The summed E-state index contributed by atoms with van der Waals surface area (Å²) in [6, 6.07) is 10.9. The zero-order chi connectivity index (χ0) is 11.8. The maximum atomic E-state index is 6.54. The van der Waals surface area contributed by atoms with Gasteiger partial charge in [-0.3, -0.25) is 0 Å². The number of hydrogen-bond acceptors (Lipinski definition) is 1. The molecule has 0 aliphatic heterocycles. The lowest BCUT2D eigenvalue weighted by atomic mass is 10.0. The summed E-state index contributed by atoms with van der Waals surface area (Å²) in [6.45, 7) is 0. The summed E-state index contributed by atoms with van der Waals surface area (Å²) < 4.78 is 1.14. The molecule has 0 nitrogen and oxygen atoms in total. The van der Waals surface area contributed by atoms with Crippen LogP contribution in [0.1, 0.15) is 33.4 Å². The molecule has 1 atom stereocenters. The van der Waals surface area contributed by atoms with Gasteiger partial charge in [-0.05, 0) is 64.0 Å². The van der Waals surface area contributed by atoms with Crippen molar-refractivity contribution in [1.82, 2.24) is 0 Å². The number of aryl methyl sites for hydroxylation is 2. The van der Waals surface area contributed by atoms with Crippen molar-refractivity contribution in [2.75, 3.05) is 0 Å². The number of halogens is 2. The lowest BCUT2D eigenvalue weighted by molar-refractivity contribution is 0.911. The molecule has 0 N–H and O–H groups in total. The normalized spacial score (nSPS) is 15.9. The quantitative estimate of drug-likeness (QED) is 0.654. The molecule has 0 spiro atoms. The van der Waals surface area contributed by atoms with Crippen LogP contribution in [0.2, 0.25) is 0 Å². The van der Waals surface area contributed by atoms with E-state index in [0.29, 0.717) is 0 Å². The molecule has 0 saturated heterocycles. The molecule has 0 amide bonds. The third kappa shape index (κ3) is 2.31. The Morgan fingerprint density at radius 3 is 2.71 bits per heavy atom. The van der Waals surface area contributed by atoms with Crippen LogP contribution in [0.25, 0.3) is 0 Å². The van der Waals surface area contributed by atoms with Gasteiger partial charge in [-0.15, -0.1) is 22.9 Å². The van der Waals surface area contributed by atoms with E-state index in [1.807, 2.05) is 0 Å². The molecule has 0 bridgehead atoms. The van der Waals surface area contributed by atoms with Crippen LogP contribution in [0.3, 0.4) is 0 Å². The van der Waals surface area contributed by atoms with Gasteiger partial charge in [0, 0.05) is 4.88 Å². The Hall–Kier alpha value is -0.310. The van der Waals surface area contributed by atoms with E-state index in [2.05, 4.69) is 46.3 Å². The second kappa shape index (κ2) is 4.75. The van der Waals surface area contributed by atoms with Crippen LogP contribution >= 0.6 is 38.9 Å². The summed E-state index contributed by atoms with van der Waals surface area (Å²) in [7, 11) is 0. The van der Waals surface area contributed by atoms with Crippen molar-refractivity contribution in [3.05, 3.63) is 55.7 Å². The van der Waals surface area contributed by atoms with Gasteiger partial charge in [0.2, 0.25) is 0 Å². The predicted octanol–water partition coefficient (Wildman–Crippen LogP) is 5.33. The van der Waals surface area contributed by atoms with Crippen LogP contribution in [0.4, 0.5) is 0 Å². The molecule has 1 aromatic carbocycles. The van der Waals surface area contributed by atoms with E-state index in [0.717, 1.165) is 3.79 Å². The van der Waals surface area contributed by atoms with Gasteiger partial charge < -0.3 is 0 Å². The molecule has 17 heavy (non-hydrogen) atoms. The Morgan fingerprint density at radius 2 is 1.94 bits per heavy atom. The molecule has 1 aromatic heterocycles. The second-order valence-electron chi connectivity index (χ2n) is 4.39. The smallest absolute Gasteiger partial charge is 0.0928 e. The van der Waals surface area contributed by atoms with E-state index in [-0.39, 0.29) is 5.38 Å². The molecule has 1 unspecified atom stereocenters. The maximum absolute atomic E-state index is 6.54. The van der Waals surface area contributed by atoms with Crippen LogP contribution in [-0.2, 0) is 12.8 Å². The number of benzene rings is 1. The van der Waals surface area contributed by atoms with Crippen molar-refractivity contribution >= 4 is 38.9 Å². The highest BCUT2D eigenvalue weighted by molar-refractivity contribution is 9.11. The molecule has 0 fully saturated rings. The summed E-state index contributed by atoms with van der Waals surface area (Å²) in [5.74, 6) is 0. The molecular formula is C14H12BrClS. The number of hydrogen-bond donors (Lipinski definition) is 0. The van der Waals surface area contributed by atoms with E-state index >= 15 is 0 Å². The second-order valence-corrected chi connectivity index (χ2v) is 7.32. The lowest BCUT2D eigenvalue weighted by Crippen LogP contribution is -1.92. The van der Waals surface area contributed by atoms with Crippen LogP contribution in [0.5, 0.6) is 0 Å². The van der Waals surface area contributed by atoms with Gasteiger partial charge in [-0.25, -0.2) is 0 Å². The van der Waals surface area contributed by atoms with E-state index in [4.69, 9.17) is 11.6 Å². The average molecular weight is 328 g/mol. The number of thiophene rings is 1. The Morgan fingerprint density at radius 1 is 1.12 bits per heavy atom. The van der Waals surface area contributed by atoms with Crippen molar-refractivity contribution in [1.29, 1.82) is 0 Å². The van der Waals surface area contributed by atoms with E-state index in [1.54, 1.807) is 11.3 Å². The Kier molecular flexibility index (Phi) is 3.29. The minimum Gasteiger partial charge on any atom is -0.131 e. The first-order valence-corrected chi connectivity index (χ1v) is 7.79. The van der Waals surface area contributed by atoms with E-state index in [1.165, 1.54) is 40.8 Å². The van der Waals surface area contributed by atoms with Gasteiger partial charge in [0.15, 0.2) is 0 Å². The molecule has 3 heteroatoms. The molecule has 0 saturated carbocycles. The van der Waals surface area contributed by atoms with Gasteiger partial charge in [-0.1, -0.05) is 18.2 Å². The molecule has 1 aliphatic carbocycles. The zero-order valence-corrected chi connectivity index (χ0v) is 12.4. The highest BCUT2D eigenvalue weighted by Gasteiger charge is 2.16. The van der Waals surface area contributed by atoms with Gasteiger partial charge in [0.25, 0.3) is 0 Å². The zero-order valence-electron chi connectivity index (χ0n) is 9.25. The monoisotopic (exact) mass is 326 g/mol. The van der Waals surface area contributed by atoms with Crippen LogP contribution in [-0.4, -0.2) is 0 Å². The third-order valence-electron chi connectivity index (χ3n) is 3.26. The fraction of sp³-hybridized carbons (Fsp3) is 0.286. The summed E-state index contributed by atoms with van der Waals surface area (Å²) >= 11 is 11.7. The minimum atomic E-state index is -0.0165. The first-order valence-electron chi connectivity index (χ1n) is 5.75. The van der Waals surface area contributed by atoms with Crippen LogP contribution in [0, 0.1) is 0 Å². The third-order valence-corrected chi connectivity index (χ3v) is 5.56. The van der Waals surface area contributed by atoms with Gasteiger partial charge in [0.05, 0.1) is 9.16 Å². The summed E-state index contributed by atoms with van der Waals surface area (Å²) in [5, 5.41) is -0.0165. The average Bonchev–Trinajstić information content (AvgIpc) is 2.95. The van der Waals surface area contributed by atoms with Crippen molar-refractivity contribution in [2.24, 2.45) is 0 Å². The highest BCUT2D eigenvalue weighted by atomic mass is 79.9. The molecule has 1 aliphatic rings. The van der Waals surface area contributed by atoms with Crippen LogP contribution in [0.15, 0.2) is 34.1 Å². The fourth-order valence-electron chi connectivity index (χ4n) is 2.38. The minimum absolute atomic E-state index is 0.0165. The molecule has 1 heterocycles. The van der Waals surface area contributed by atoms with E-state index < -0.39 is 0 Å². The Labute approximate surface area is 119 Å². The first kappa shape index (κ1) is 11.8. The molecule has 3 rings (SSSR count). The summed E-state index contributed by atoms with van der Waals surface area (Å²) in [5.41, 5.74) is 4.22. The van der Waals surface area contributed by atoms with Gasteiger partial charge in [-0.2, -0.15) is 0 Å². The van der Waals surface area contributed by atoms with Crippen LogP contribution < -0.4 is 0 Å². The fourth-order valence-corrected chi connectivity index (χ4v) is 4.15. The highest BCUT2D eigenvalue weighted by Crippen LogP contribution is 2.37. The molecular weight excluding hydrogens is 316 g/mol. The lowest BCUT2D eigenvalue weighted by Gasteiger charge is -2.09. The SMILES string of the molecule is ClC(c1ccc2c(c1)CCC2)c1ccc(Br)s1. The largest absolute Gasteiger partial charge is 0.131 e. The topological polar surface area (TPSA) is 0 Å². The number of alkyl halides is 1. The molecule has 2 aromatic rings. The number of rotatable bonds is 2.